The highest BCUT2D eigenvalue weighted by atomic mass is 127. The van der Waals surface area contributed by atoms with E-state index >= 15 is 0 Å². The second-order valence-corrected chi connectivity index (χ2v) is 6.67. The van der Waals surface area contributed by atoms with Crippen molar-refractivity contribution >= 4 is 22.6 Å². The van der Waals surface area contributed by atoms with Gasteiger partial charge in [-0.2, -0.15) is 0 Å². The van der Waals surface area contributed by atoms with Crippen LogP contribution >= 0.6 is 22.6 Å². The lowest BCUT2D eigenvalue weighted by Crippen LogP contribution is -2.19. The molecule has 0 aliphatic rings. The van der Waals surface area contributed by atoms with Gasteiger partial charge in [-0.05, 0) is 63.1 Å². The minimum atomic E-state index is 0.270. The molecule has 1 aromatic carbocycles. The summed E-state index contributed by atoms with van der Waals surface area (Å²) in [7, 11) is 1.68. The molecule has 0 radical (unpaired) electrons. The molecule has 0 heterocycles. The van der Waals surface area contributed by atoms with Crippen LogP contribution in [0.4, 0.5) is 0 Å². The van der Waals surface area contributed by atoms with Crippen LogP contribution in [0.25, 0.3) is 0 Å². The molecule has 1 atom stereocenters. The molecule has 0 saturated carbocycles. The van der Waals surface area contributed by atoms with Crippen molar-refractivity contribution in [2.45, 2.75) is 39.9 Å². The van der Waals surface area contributed by atoms with E-state index in [1.807, 2.05) is 12.1 Å². The summed E-state index contributed by atoms with van der Waals surface area (Å²) in [6, 6.07) is 8.04. The summed E-state index contributed by atoms with van der Waals surface area (Å²) in [5, 5.41) is 0. The average molecular weight is 374 g/mol. The van der Waals surface area contributed by atoms with Gasteiger partial charge in [0.15, 0.2) is 0 Å². The molecule has 0 fully saturated rings. The van der Waals surface area contributed by atoms with Crippen LogP contribution in [-0.4, -0.2) is 13.2 Å². The normalized spacial score (nSPS) is 13.7. The number of hydrogen-bond donors (Lipinski definition) is 0. The topological polar surface area (TPSA) is 18.5 Å². The van der Waals surface area contributed by atoms with Crippen molar-refractivity contribution in [3.63, 3.8) is 0 Å². The molecule has 0 aromatic heterocycles. The maximum absolute atomic E-state index is 6.02. The van der Waals surface area contributed by atoms with Crippen molar-refractivity contribution in [1.82, 2.24) is 0 Å². The van der Waals surface area contributed by atoms with Crippen LogP contribution in [0.1, 0.15) is 32.8 Å². The number of hydrogen-bond acceptors (Lipinski definition) is 2. The van der Waals surface area contributed by atoms with Gasteiger partial charge in [-0.25, -0.2) is 0 Å². The number of halogens is 1. The zero-order valence-electron chi connectivity index (χ0n) is 12.2. The highest BCUT2D eigenvalue weighted by Crippen LogP contribution is 2.18. The third kappa shape index (κ3) is 6.43. The van der Waals surface area contributed by atoms with Crippen LogP contribution < -0.4 is 4.74 Å². The Hall–Kier alpha value is -0.550. The maximum atomic E-state index is 6.02. The lowest BCUT2D eigenvalue weighted by atomic mass is 10.0. The first-order chi connectivity index (χ1) is 9.02. The molecule has 0 aliphatic heterocycles. The first-order valence-electron chi connectivity index (χ1n) is 6.59. The zero-order chi connectivity index (χ0) is 14.3. The molecular weight excluding hydrogens is 351 g/mol. The van der Waals surface area contributed by atoms with Gasteiger partial charge in [-0.3, -0.25) is 0 Å². The molecule has 2 nitrogen and oxygen atoms in total. The maximum Gasteiger partial charge on any atom is 0.118 e. The van der Waals surface area contributed by atoms with E-state index in [-0.39, 0.29) is 6.10 Å². The van der Waals surface area contributed by atoms with Crippen molar-refractivity contribution in [2.75, 3.05) is 7.11 Å². The molecule has 0 amide bonds. The average Bonchev–Trinajstić information content (AvgIpc) is 2.38. The molecule has 0 unspecified atom stereocenters. The summed E-state index contributed by atoms with van der Waals surface area (Å²) < 4.78 is 12.5. The highest BCUT2D eigenvalue weighted by Gasteiger charge is 2.12. The standard InChI is InChI=1S/C16H23IO2/c1-12(2)16(10-5-13(3)17)19-11-14-6-8-15(18-4)9-7-14/h5-9,12,16H,10-11H2,1-4H3/b13-5+/t16-/m0/s1. The van der Waals surface area contributed by atoms with Crippen molar-refractivity contribution in [3.05, 3.63) is 39.5 Å². The fraction of sp³-hybridized carbons (Fsp3) is 0.500. The van der Waals surface area contributed by atoms with Crippen LogP contribution in [0.3, 0.4) is 0 Å². The molecule has 0 spiro atoms. The number of methoxy groups -OCH3 is 1. The summed E-state index contributed by atoms with van der Waals surface area (Å²) in [5.41, 5.74) is 1.18. The van der Waals surface area contributed by atoms with E-state index in [4.69, 9.17) is 9.47 Å². The van der Waals surface area contributed by atoms with Crippen molar-refractivity contribution in [3.8, 4) is 5.75 Å². The summed E-state index contributed by atoms with van der Waals surface area (Å²) in [6.07, 6.45) is 3.48. The van der Waals surface area contributed by atoms with E-state index in [0.29, 0.717) is 12.5 Å². The largest absolute Gasteiger partial charge is 0.497 e. The van der Waals surface area contributed by atoms with Gasteiger partial charge in [0.1, 0.15) is 5.75 Å². The first-order valence-corrected chi connectivity index (χ1v) is 7.67. The minimum absolute atomic E-state index is 0.270. The van der Waals surface area contributed by atoms with Gasteiger partial charge in [0.2, 0.25) is 0 Å². The van der Waals surface area contributed by atoms with E-state index in [1.165, 1.54) is 9.14 Å². The monoisotopic (exact) mass is 374 g/mol. The quantitative estimate of drug-likeness (QED) is 0.628. The van der Waals surface area contributed by atoms with Gasteiger partial charge in [-0.1, -0.05) is 32.1 Å². The third-order valence-corrected chi connectivity index (χ3v) is 3.44. The van der Waals surface area contributed by atoms with Gasteiger partial charge >= 0.3 is 0 Å². The fourth-order valence-corrected chi connectivity index (χ4v) is 1.99. The van der Waals surface area contributed by atoms with Gasteiger partial charge in [0.05, 0.1) is 19.8 Å². The second kappa shape index (κ2) is 8.59. The Labute approximate surface area is 130 Å². The number of allylic oxidation sites excluding steroid dienone is 1. The predicted molar refractivity (Wildman–Crippen MR) is 88.8 cm³/mol. The molecular formula is C16H23IO2. The second-order valence-electron chi connectivity index (χ2n) is 4.97. The van der Waals surface area contributed by atoms with Gasteiger partial charge in [-0.15, -0.1) is 0 Å². The van der Waals surface area contributed by atoms with Crippen molar-refractivity contribution in [1.29, 1.82) is 0 Å². The molecule has 1 rings (SSSR count). The fourth-order valence-electron chi connectivity index (χ4n) is 1.74. The summed E-state index contributed by atoms with van der Waals surface area (Å²) >= 11 is 2.34. The number of ether oxygens (including phenoxy) is 2. The highest BCUT2D eigenvalue weighted by molar-refractivity contribution is 14.1. The van der Waals surface area contributed by atoms with E-state index in [9.17, 15) is 0 Å². The Morgan fingerprint density at radius 2 is 1.89 bits per heavy atom. The van der Waals surface area contributed by atoms with E-state index in [0.717, 1.165) is 12.2 Å². The molecule has 3 heteroatoms. The summed E-state index contributed by atoms with van der Waals surface area (Å²) in [4.78, 5) is 0. The van der Waals surface area contributed by atoms with E-state index < -0.39 is 0 Å². The molecule has 0 N–H and O–H groups in total. The smallest absolute Gasteiger partial charge is 0.118 e. The Morgan fingerprint density at radius 1 is 1.26 bits per heavy atom. The lowest BCUT2D eigenvalue weighted by molar-refractivity contribution is 0.0128. The van der Waals surface area contributed by atoms with Crippen LogP contribution in [0.15, 0.2) is 33.9 Å². The van der Waals surface area contributed by atoms with Crippen LogP contribution in [0.2, 0.25) is 0 Å². The third-order valence-electron chi connectivity index (χ3n) is 3.00. The summed E-state index contributed by atoms with van der Waals surface area (Å²) in [5.74, 6) is 1.40. The predicted octanol–water partition coefficient (Wildman–Crippen LogP) is 4.97. The first kappa shape index (κ1) is 16.5. The Kier molecular flexibility index (Phi) is 7.46. The van der Waals surface area contributed by atoms with Crippen molar-refractivity contribution in [2.24, 2.45) is 5.92 Å². The van der Waals surface area contributed by atoms with Crippen molar-refractivity contribution < 1.29 is 9.47 Å². The van der Waals surface area contributed by atoms with Gasteiger partial charge in [0, 0.05) is 0 Å². The Balaban J connectivity index is 2.52. The van der Waals surface area contributed by atoms with Crippen LogP contribution in [0, 0.1) is 5.92 Å². The lowest BCUT2D eigenvalue weighted by Gasteiger charge is -2.20. The molecule has 0 aliphatic carbocycles. The van der Waals surface area contributed by atoms with Crippen LogP contribution in [0.5, 0.6) is 5.75 Å². The molecule has 0 bridgehead atoms. The number of benzene rings is 1. The molecule has 106 valence electrons. The number of rotatable bonds is 7. The Morgan fingerprint density at radius 3 is 2.37 bits per heavy atom. The van der Waals surface area contributed by atoms with Gasteiger partial charge in [0.25, 0.3) is 0 Å². The molecule has 1 aromatic rings. The van der Waals surface area contributed by atoms with E-state index in [1.54, 1.807) is 7.11 Å². The summed E-state index contributed by atoms with van der Waals surface area (Å²) in [6.45, 7) is 7.17. The SMILES string of the molecule is COc1ccc(CO[C@@H](C/C=C(\C)I)C(C)C)cc1. The van der Waals surface area contributed by atoms with E-state index in [2.05, 4.69) is 61.6 Å². The Bertz CT molecular complexity index is 392. The zero-order valence-corrected chi connectivity index (χ0v) is 14.3. The molecule has 19 heavy (non-hydrogen) atoms. The van der Waals surface area contributed by atoms with Crippen LogP contribution in [-0.2, 0) is 11.3 Å². The molecule has 0 saturated heterocycles. The van der Waals surface area contributed by atoms with Gasteiger partial charge < -0.3 is 9.47 Å². The minimum Gasteiger partial charge on any atom is -0.497 e.